The Morgan fingerprint density at radius 1 is 1.20 bits per heavy atom. The summed E-state index contributed by atoms with van der Waals surface area (Å²) in [5.74, 6) is -0.331. The highest BCUT2D eigenvalue weighted by Gasteiger charge is 2.25. The highest BCUT2D eigenvalue weighted by molar-refractivity contribution is 7.89. The zero-order valence-corrected chi connectivity index (χ0v) is 15.6. The Balaban J connectivity index is 2.19. The molecule has 0 heterocycles. The molecule has 0 saturated carbocycles. The Kier molecular flexibility index (Phi) is 6.05. The number of hydrogen-bond donors (Lipinski definition) is 2. The Bertz CT molecular complexity index is 884. The second kappa shape index (κ2) is 7.86. The number of ether oxygens (including phenoxy) is 1. The maximum Gasteiger partial charge on any atom is 0.245 e. The van der Waals surface area contributed by atoms with Crippen LogP contribution in [0.4, 0.5) is 5.69 Å². The second-order valence-electron chi connectivity index (χ2n) is 5.44. The van der Waals surface area contributed by atoms with Crippen molar-refractivity contribution in [3.05, 3.63) is 53.1 Å². The van der Waals surface area contributed by atoms with Gasteiger partial charge in [-0.2, -0.15) is 4.72 Å². The van der Waals surface area contributed by atoms with E-state index in [0.29, 0.717) is 5.69 Å². The minimum atomic E-state index is -3.99. The predicted octanol–water partition coefficient (Wildman–Crippen LogP) is 2.96. The molecule has 1 atom stereocenters. The minimum Gasteiger partial charge on any atom is -0.495 e. The summed E-state index contributed by atoms with van der Waals surface area (Å²) in [6, 6.07) is 10.5. The number of carbonyl (C=O) groups is 1. The van der Waals surface area contributed by atoms with Crippen molar-refractivity contribution >= 4 is 33.2 Å². The number of halogens is 1. The number of aryl methyl sites for hydroxylation is 1. The molecular formula is C17H19ClN2O4S. The fourth-order valence-corrected chi connectivity index (χ4v) is 3.80. The molecule has 0 fully saturated rings. The zero-order valence-electron chi connectivity index (χ0n) is 14.0. The number of benzene rings is 2. The lowest BCUT2D eigenvalue weighted by molar-refractivity contribution is -0.117. The maximum atomic E-state index is 12.6. The summed E-state index contributed by atoms with van der Waals surface area (Å²) in [6.45, 7) is 3.31. The summed E-state index contributed by atoms with van der Waals surface area (Å²) < 4.78 is 32.5. The number of nitrogens with one attached hydrogen (secondary N) is 2. The Morgan fingerprint density at radius 3 is 2.52 bits per heavy atom. The van der Waals surface area contributed by atoms with Gasteiger partial charge in [-0.3, -0.25) is 4.79 Å². The van der Waals surface area contributed by atoms with Gasteiger partial charge in [0.2, 0.25) is 15.9 Å². The van der Waals surface area contributed by atoms with Crippen molar-refractivity contribution in [3.8, 4) is 5.75 Å². The Labute approximate surface area is 152 Å². The van der Waals surface area contributed by atoms with E-state index in [4.69, 9.17) is 16.3 Å². The molecule has 25 heavy (non-hydrogen) atoms. The van der Waals surface area contributed by atoms with Gasteiger partial charge in [-0.1, -0.05) is 29.8 Å². The van der Waals surface area contributed by atoms with Gasteiger partial charge in [0.15, 0.2) is 0 Å². The molecule has 8 heteroatoms. The van der Waals surface area contributed by atoms with E-state index < -0.39 is 22.0 Å². The van der Waals surface area contributed by atoms with Gasteiger partial charge in [-0.15, -0.1) is 0 Å². The third kappa shape index (κ3) is 4.72. The summed E-state index contributed by atoms with van der Waals surface area (Å²) in [4.78, 5) is 12.2. The summed E-state index contributed by atoms with van der Waals surface area (Å²) in [5, 5.41) is 2.95. The molecule has 6 nitrogen and oxygen atoms in total. The third-order valence-electron chi connectivity index (χ3n) is 3.54. The van der Waals surface area contributed by atoms with Crippen LogP contribution >= 0.6 is 11.6 Å². The number of anilines is 1. The highest BCUT2D eigenvalue weighted by Crippen LogP contribution is 2.27. The first-order valence-corrected chi connectivity index (χ1v) is 9.33. The van der Waals surface area contributed by atoms with Crippen LogP contribution in [0.25, 0.3) is 0 Å². The molecule has 2 aromatic rings. The van der Waals surface area contributed by atoms with Crippen molar-refractivity contribution in [1.82, 2.24) is 4.72 Å². The van der Waals surface area contributed by atoms with Crippen molar-refractivity contribution in [2.75, 3.05) is 12.4 Å². The van der Waals surface area contributed by atoms with Gasteiger partial charge in [-0.25, -0.2) is 8.42 Å². The zero-order chi connectivity index (χ0) is 18.6. The normalized spacial score (nSPS) is 12.5. The molecule has 1 amide bonds. The molecule has 0 radical (unpaired) electrons. The molecule has 0 spiro atoms. The highest BCUT2D eigenvalue weighted by atomic mass is 35.5. The molecule has 0 aliphatic heterocycles. The molecule has 134 valence electrons. The number of sulfonamides is 1. The average Bonchev–Trinajstić information content (AvgIpc) is 2.56. The van der Waals surface area contributed by atoms with Crippen LogP contribution in [0.1, 0.15) is 12.5 Å². The van der Waals surface area contributed by atoms with Crippen molar-refractivity contribution in [3.63, 3.8) is 0 Å². The lowest BCUT2D eigenvalue weighted by atomic mass is 10.2. The molecule has 2 N–H and O–H groups in total. The number of para-hydroxylation sites is 1. The van der Waals surface area contributed by atoms with E-state index in [2.05, 4.69) is 10.0 Å². The predicted molar refractivity (Wildman–Crippen MR) is 97.6 cm³/mol. The SMILES string of the molecule is COc1ccc(Cl)cc1S(=O)(=O)N[C@H](C)C(=O)Nc1ccccc1C. The Morgan fingerprint density at radius 2 is 1.88 bits per heavy atom. The van der Waals surface area contributed by atoms with Crippen LogP contribution in [0.3, 0.4) is 0 Å². The first-order chi connectivity index (χ1) is 11.7. The number of hydrogen-bond acceptors (Lipinski definition) is 4. The summed E-state index contributed by atoms with van der Waals surface area (Å²) in [5.41, 5.74) is 1.50. The first-order valence-electron chi connectivity index (χ1n) is 7.47. The maximum absolute atomic E-state index is 12.6. The van der Waals surface area contributed by atoms with Crippen molar-refractivity contribution in [2.24, 2.45) is 0 Å². The van der Waals surface area contributed by atoms with Crippen LogP contribution < -0.4 is 14.8 Å². The molecule has 2 aromatic carbocycles. The first kappa shape index (κ1) is 19.2. The number of methoxy groups -OCH3 is 1. The molecule has 0 bridgehead atoms. The molecular weight excluding hydrogens is 364 g/mol. The summed E-state index contributed by atoms with van der Waals surface area (Å²) in [6.07, 6.45) is 0. The molecule has 0 aliphatic rings. The monoisotopic (exact) mass is 382 g/mol. The van der Waals surface area contributed by atoms with Crippen molar-refractivity contribution in [2.45, 2.75) is 24.8 Å². The fraction of sp³-hybridized carbons (Fsp3) is 0.235. The van der Waals surface area contributed by atoms with Crippen LogP contribution in [-0.2, 0) is 14.8 Å². The lowest BCUT2D eigenvalue weighted by Crippen LogP contribution is -2.41. The quantitative estimate of drug-likeness (QED) is 0.804. The number of carbonyl (C=O) groups excluding carboxylic acids is 1. The van der Waals surface area contributed by atoms with Crippen LogP contribution in [0.15, 0.2) is 47.4 Å². The van der Waals surface area contributed by atoms with Crippen LogP contribution in [0.2, 0.25) is 5.02 Å². The fourth-order valence-electron chi connectivity index (χ4n) is 2.16. The molecule has 0 aromatic heterocycles. The molecule has 0 aliphatic carbocycles. The van der Waals surface area contributed by atoms with Gasteiger partial charge >= 0.3 is 0 Å². The van der Waals surface area contributed by atoms with E-state index in [0.717, 1.165) is 5.56 Å². The van der Waals surface area contributed by atoms with Crippen LogP contribution in [0.5, 0.6) is 5.75 Å². The standard InChI is InChI=1S/C17H19ClN2O4S/c1-11-6-4-5-7-14(11)19-17(21)12(2)20-25(22,23)16-10-13(18)8-9-15(16)24-3/h4-10,12,20H,1-3H3,(H,19,21)/t12-/m1/s1. The largest absolute Gasteiger partial charge is 0.495 e. The van der Waals surface area contributed by atoms with Gasteiger partial charge in [0, 0.05) is 10.7 Å². The van der Waals surface area contributed by atoms with Crippen molar-refractivity contribution < 1.29 is 17.9 Å². The molecule has 0 saturated heterocycles. The number of amides is 1. The third-order valence-corrected chi connectivity index (χ3v) is 5.34. The van der Waals surface area contributed by atoms with E-state index in [9.17, 15) is 13.2 Å². The van der Waals surface area contributed by atoms with Crippen LogP contribution in [0, 0.1) is 6.92 Å². The van der Waals surface area contributed by atoms with Gasteiger partial charge in [0.25, 0.3) is 0 Å². The van der Waals surface area contributed by atoms with Gasteiger partial charge in [0.1, 0.15) is 10.6 Å². The Hall–Kier alpha value is -2.09. The smallest absolute Gasteiger partial charge is 0.245 e. The van der Waals surface area contributed by atoms with Gasteiger partial charge < -0.3 is 10.1 Å². The minimum absolute atomic E-state index is 0.127. The second-order valence-corrected chi connectivity index (χ2v) is 7.56. The van der Waals surface area contributed by atoms with Crippen molar-refractivity contribution in [1.29, 1.82) is 0 Å². The summed E-state index contributed by atoms with van der Waals surface area (Å²) >= 11 is 5.88. The van der Waals surface area contributed by atoms with E-state index in [1.165, 1.54) is 32.2 Å². The van der Waals surface area contributed by atoms with E-state index in [1.54, 1.807) is 12.1 Å². The van der Waals surface area contributed by atoms with Gasteiger partial charge in [-0.05, 0) is 43.7 Å². The summed E-state index contributed by atoms with van der Waals surface area (Å²) in [7, 11) is -2.63. The van der Waals surface area contributed by atoms with E-state index in [-0.39, 0.29) is 15.7 Å². The number of rotatable bonds is 6. The van der Waals surface area contributed by atoms with Gasteiger partial charge in [0.05, 0.1) is 13.2 Å². The van der Waals surface area contributed by atoms with E-state index >= 15 is 0 Å². The average molecular weight is 383 g/mol. The van der Waals surface area contributed by atoms with Crippen LogP contribution in [-0.4, -0.2) is 27.5 Å². The molecule has 0 unspecified atom stereocenters. The van der Waals surface area contributed by atoms with E-state index in [1.807, 2.05) is 19.1 Å². The molecule has 2 rings (SSSR count). The topological polar surface area (TPSA) is 84.5 Å². The lowest BCUT2D eigenvalue weighted by Gasteiger charge is -2.16.